The Bertz CT molecular complexity index is 558. The van der Waals surface area contributed by atoms with Gasteiger partial charge in [-0.15, -0.1) is 5.10 Å². The summed E-state index contributed by atoms with van der Waals surface area (Å²) < 4.78 is 12.6. The van der Waals surface area contributed by atoms with Crippen LogP contribution < -0.4 is 0 Å². The highest BCUT2D eigenvalue weighted by atomic mass is 16.5. The Morgan fingerprint density at radius 2 is 2.00 bits per heavy atom. The molecule has 1 saturated heterocycles. The minimum absolute atomic E-state index is 0.140. The zero-order chi connectivity index (χ0) is 17.5. The van der Waals surface area contributed by atoms with Crippen LogP contribution in [-0.4, -0.2) is 58.1 Å². The van der Waals surface area contributed by atoms with Crippen LogP contribution in [0.2, 0.25) is 0 Å². The second-order valence-corrected chi connectivity index (χ2v) is 6.48. The molecule has 1 aliphatic rings. The molecule has 0 radical (unpaired) electrons. The van der Waals surface area contributed by atoms with Gasteiger partial charge < -0.3 is 9.47 Å². The first-order valence-corrected chi connectivity index (χ1v) is 8.36. The minimum atomic E-state index is -0.237. The Morgan fingerprint density at radius 3 is 2.67 bits per heavy atom. The number of hydrogen-bond donors (Lipinski definition) is 0. The summed E-state index contributed by atoms with van der Waals surface area (Å²) in [5, 5.41) is 8.00. The molecule has 0 N–H and O–H groups in total. The summed E-state index contributed by atoms with van der Waals surface area (Å²) in [7, 11) is 0. The molecule has 2 heterocycles. The number of likely N-dealkylation sites (tertiary alicyclic amines) is 1. The number of hydrogen-bond acceptors (Lipinski definition) is 6. The van der Waals surface area contributed by atoms with E-state index in [4.69, 9.17) is 9.47 Å². The monoisotopic (exact) mass is 338 g/mol. The van der Waals surface area contributed by atoms with Crippen LogP contribution >= 0.6 is 0 Å². The minimum Gasteiger partial charge on any atom is -0.379 e. The maximum Gasteiger partial charge on any atom is 0.232 e. The summed E-state index contributed by atoms with van der Waals surface area (Å²) in [6, 6.07) is 0. The molecule has 1 aromatic rings. The number of imide groups is 1. The molecule has 1 atom stereocenters. The van der Waals surface area contributed by atoms with Gasteiger partial charge >= 0.3 is 0 Å². The van der Waals surface area contributed by atoms with Gasteiger partial charge in [-0.2, -0.15) is 0 Å². The predicted molar refractivity (Wildman–Crippen MR) is 85.8 cm³/mol. The van der Waals surface area contributed by atoms with Crippen LogP contribution in [0.3, 0.4) is 0 Å². The van der Waals surface area contributed by atoms with Crippen molar-refractivity contribution in [3.8, 4) is 0 Å². The normalized spacial score (nSPS) is 18.2. The Balaban J connectivity index is 1.66. The van der Waals surface area contributed by atoms with Gasteiger partial charge in [0.1, 0.15) is 5.69 Å². The summed E-state index contributed by atoms with van der Waals surface area (Å²) >= 11 is 0. The predicted octanol–water partition coefficient (Wildman–Crippen LogP) is 0.862. The average molecular weight is 338 g/mol. The average Bonchev–Trinajstić information content (AvgIpc) is 3.06. The quantitative estimate of drug-likeness (QED) is 0.465. The van der Waals surface area contributed by atoms with Crippen LogP contribution in [0.25, 0.3) is 0 Å². The molecule has 8 nitrogen and oxygen atoms in total. The molecule has 0 aliphatic carbocycles. The summed E-state index contributed by atoms with van der Waals surface area (Å²) in [5.41, 5.74) is 0.603. The lowest BCUT2D eigenvalue weighted by atomic mass is 10.1. The zero-order valence-corrected chi connectivity index (χ0v) is 14.6. The van der Waals surface area contributed by atoms with Gasteiger partial charge in [-0.05, 0) is 5.92 Å². The van der Waals surface area contributed by atoms with E-state index in [-0.39, 0.29) is 30.7 Å². The lowest BCUT2D eigenvalue weighted by Gasteiger charge is -2.11. The van der Waals surface area contributed by atoms with E-state index in [1.54, 1.807) is 17.8 Å². The molecule has 2 amide bonds. The maximum atomic E-state index is 11.9. The van der Waals surface area contributed by atoms with Crippen LogP contribution in [0, 0.1) is 11.8 Å². The van der Waals surface area contributed by atoms with E-state index >= 15 is 0 Å². The first-order chi connectivity index (χ1) is 11.5. The van der Waals surface area contributed by atoms with Gasteiger partial charge in [0.25, 0.3) is 0 Å². The molecule has 24 heavy (non-hydrogen) atoms. The molecular weight excluding hydrogens is 312 g/mol. The SMILES string of the molecule is CC(C)COCCOCCn1cc(CN2C(=O)CC(C)C2=O)nn1. The van der Waals surface area contributed by atoms with Crippen molar-refractivity contribution in [1.82, 2.24) is 19.9 Å². The van der Waals surface area contributed by atoms with Gasteiger partial charge in [0, 0.05) is 18.9 Å². The molecule has 0 saturated carbocycles. The van der Waals surface area contributed by atoms with Crippen molar-refractivity contribution in [3.05, 3.63) is 11.9 Å². The number of aromatic nitrogens is 3. The van der Waals surface area contributed by atoms with Gasteiger partial charge in [-0.3, -0.25) is 14.5 Å². The van der Waals surface area contributed by atoms with Gasteiger partial charge in [0.05, 0.1) is 39.1 Å². The Morgan fingerprint density at radius 1 is 1.25 bits per heavy atom. The third kappa shape index (κ3) is 5.38. The molecular formula is C16H26N4O4. The number of rotatable bonds is 10. The highest BCUT2D eigenvalue weighted by Crippen LogP contribution is 2.20. The van der Waals surface area contributed by atoms with E-state index in [1.807, 2.05) is 0 Å². The van der Waals surface area contributed by atoms with E-state index in [9.17, 15) is 9.59 Å². The molecule has 1 unspecified atom stereocenters. The van der Waals surface area contributed by atoms with Crippen molar-refractivity contribution in [3.63, 3.8) is 0 Å². The lowest BCUT2D eigenvalue weighted by Crippen LogP contribution is -2.29. The van der Waals surface area contributed by atoms with Crippen molar-refractivity contribution < 1.29 is 19.1 Å². The highest BCUT2D eigenvalue weighted by Gasteiger charge is 2.35. The van der Waals surface area contributed by atoms with E-state index in [1.165, 1.54) is 4.90 Å². The summed E-state index contributed by atoms with van der Waals surface area (Å²) in [6.45, 7) is 9.09. The topological polar surface area (TPSA) is 86.5 Å². The molecule has 2 rings (SSSR count). The molecule has 134 valence electrons. The van der Waals surface area contributed by atoms with Crippen LogP contribution in [0.15, 0.2) is 6.20 Å². The van der Waals surface area contributed by atoms with E-state index < -0.39 is 0 Å². The third-order valence-electron chi connectivity index (χ3n) is 3.66. The van der Waals surface area contributed by atoms with E-state index in [0.29, 0.717) is 38.0 Å². The van der Waals surface area contributed by atoms with Crippen molar-refractivity contribution in [2.75, 3.05) is 26.4 Å². The molecule has 1 fully saturated rings. The molecule has 8 heteroatoms. The summed E-state index contributed by atoms with van der Waals surface area (Å²) in [4.78, 5) is 24.9. The van der Waals surface area contributed by atoms with E-state index in [0.717, 1.165) is 6.61 Å². The lowest BCUT2D eigenvalue weighted by molar-refractivity contribution is -0.140. The molecule has 1 aromatic heterocycles. The molecule has 1 aliphatic heterocycles. The Hall–Kier alpha value is -1.80. The number of carbonyl (C=O) groups is 2. The highest BCUT2D eigenvalue weighted by molar-refractivity contribution is 6.03. The number of nitrogens with zero attached hydrogens (tertiary/aromatic N) is 4. The Kier molecular flexibility index (Phi) is 6.86. The number of carbonyl (C=O) groups excluding carboxylic acids is 2. The van der Waals surface area contributed by atoms with Crippen LogP contribution in [0.4, 0.5) is 0 Å². The number of ether oxygens (including phenoxy) is 2. The van der Waals surface area contributed by atoms with Crippen molar-refractivity contribution in [2.24, 2.45) is 11.8 Å². The summed E-state index contributed by atoms with van der Waals surface area (Å²) in [6.07, 6.45) is 2.02. The summed E-state index contributed by atoms with van der Waals surface area (Å²) in [5.74, 6) is 0.000786. The smallest absolute Gasteiger partial charge is 0.232 e. The Labute approximate surface area is 142 Å². The first-order valence-electron chi connectivity index (χ1n) is 8.36. The van der Waals surface area contributed by atoms with Gasteiger partial charge in [-0.25, -0.2) is 4.68 Å². The zero-order valence-electron chi connectivity index (χ0n) is 14.6. The van der Waals surface area contributed by atoms with Crippen LogP contribution in [-0.2, 0) is 32.2 Å². The largest absolute Gasteiger partial charge is 0.379 e. The van der Waals surface area contributed by atoms with Crippen LogP contribution in [0.5, 0.6) is 0 Å². The molecule has 0 aromatic carbocycles. The van der Waals surface area contributed by atoms with Crippen LogP contribution in [0.1, 0.15) is 32.9 Å². The van der Waals surface area contributed by atoms with E-state index in [2.05, 4.69) is 24.2 Å². The second-order valence-electron chi connectivity index (χ2n) is 6.48. The van der Waals surface area contributed by atoms with Gasteiger partial charge in [0.2, 0.25) is 11.8 Å². The standard InChI is InChI=1S/C16H26N4O4/c1-12(2)11-24-7-6-23-5-4-19-9-14(17-18-19)10-20-15(21)8-13(3)16(20)22/h9,12-13H,4-8,10-11H2,1-3H3. The van der Waals surface area contributed by atoms with Crippen molar-refractivity contribution >= 4 is 11.8 Å². The first kappa shape index (κ1) is 18.5. The molecule has 0 spiro atoms. The molecule has 0 bridgehead atoms. The fourth-order valence-electron chi connectivity index (χ4n) is 2.39. The third-order valence-corrected chi connectivity index (χ3v) is 3.66. The fraction of sp³-hybridized carbons (Fsp3) is 0.750. The van der Waals surface area contributed by atoms with Gasteiger partial charge in [-0.1, -0.05) is 26.0 Å². The second kappa shape index (κ2) is 8.89. The maximum absolute atomic E-state index is 11.9. The van der Waals surface area contributed by atoms with Gasteiger partial charge in [0.15, 0.2) is 0 Å². The number of amides is 2. The van der Waals surface area contributed by atoms with Crippen molar-refractivity contribution in [2.45, 2.75) is 40.3 Å². The fourth-order valence-corrected chi connectivity index (χ4v) is 2.39. The van der Waals surface area contributed by atoms with Crippen molar-refractivity contribution in [1.29, 1.82) is 0 Å².